The molecule has 0 aliphatic carbocycles. The van der Waals surface area contributed by atoms with E-state index >= 15 is 0 Å². The van der Waals surface area contributed by atoms with E-state index in [2.05, 4.69) is 17.3 Å². The highest BCUT2D eigenvalue weighted by molar-refractivity contribution is 6.04. The molecule has 3 aromatic rings. The molecule has 144 valence electrons. The largest absolute Gasteiger partial charge is 0.494 e. The number of rotatable bonds is 7. The third-order valence-electron chi connectivity index (χ3n) is 4.26. The second kappa shape index (κ2) is 8.99. The van der Waals surface area contributed by atoms with Crippen molar-refractivity contribution >= 4 is 11.6 Å². The van der Waals surface area contributed by atoms with Crippen LogP contribution in [0.15, 0.2) is 65.5 Å². The minimum atomic E-state index is -0.203. The summed E-state index contributed by atoms with van der Waals surface area (Å²) in [5.41, 5.74) is 2.50. The summed E-state index contributed by atoms with van der Waals surface area (Å²) in [6.45, 7) is 2.79. The lowest BCUT2D eigenvalue weighted by Gasteiger charge is -2.09. The zero-order valence-electron chi connectivity index (χ0n) is 16.0. The molecule has 0 saturated heterocycles. The molecular formula is C22H23N3O3. The van der Waals surface area contributed by atoms with Crippen molar-refractivity contribution in [1.29, 1.82) is 0 Å². The number of amides is 1. The zero-order valence-corrected chi connectivity index (χ0v) is 16.0. The van der Waals surface area contributed by atoms with E-state index in [0.29, 0.717) is 23.6 Å². The van der Waals surface area contributed by atoms with E-state index in [1.807, 2.05) is 24.3 Å². The Labute approximate surface area is 163 Å². The summed E-state index contributed by atoms with van der Waals surface area (Å²) in [4.78, 5) is 24.0. The van der Waals surface area contributed by atoms with Crippen LogP contribution in [0.5, 0.6) is 5.75 Å². The first-order valence-corrected chi connectivity index (χ1v) is 9.26. The van der Waals surface area contributed by atoms with Crippen LogP contribution in [0.3, 0.4) is 0 Å². The Hall–Kier alpha value is -3.41. The third-order valence-corrected chi connectivity index (χ3v) is 4.26. The van der Waals surface area contributed by atoms with Gasteiger partial charge in [0.1, 0.15) is 5.75 Å². The number of nitrogens with one attached hydrogen (secondary N) is 1. The number of anilines is 1. The molecule has 0 bridgehead atoms. The number of aryl methyl sites for hydroxylation is 1. The van der Waals surface area contributed by atoms with Crippen LogP contribution in [0.4, 0.5) is 5.69 Å². The van der Waals surface area contributed by atoms with Gasteiger partial charge in [-0.3, -0.25) is 9.59 Å². The molecule has 0 unspecified atom stereocenters. The van der Waals surface area contributed by atoms with Gasteiger partial charge in [0, 0.05) is 29.9 Å². The summed E-state index contributed by atoms with van der Waals surface area (Å²) >= 11 is 0. The van der Waals surface area contributed by atoms with E-state index in [4.69, 9.17) is 4.74 Å². The molecule has 0 saturated carbocycles. The summed E-state index contributed by atoms with van der Waals surface area (Å²) in [5, 5.41) is 7.13. The van der Waals surface area contributed by atoms with Gasteiger partial charge >= 0.3 is 0 Å². The minimum absolute atomic E-state index is 0.171. The maximum absolute atomic E-state index is 12.5. The van der Waals surface area contributed by atoms with Crippen LogP contribution in [0, 0.1) is 0 Å². The fourth-order valence-corrected chi connectivity index (χ4v) is 2.65. The molecule has 6 heteroatoms. The van der Waals surface area contributed by atoms with Gasteiger partial charge in [0.2, 0.25) is 0 Å². The van der Waals surface area contributed by atoms with Gasteiger partial charge in [0.05, 0.1) is 12.3 Å². The second-order valence-electron chi connectivity index (χ2n) is 6.44. The molecule has 0 spiro atoms. The van der Waals surface area contributed by atoms with Crippen molar-refractivity contribution in [2.75, 3.05) is 11.9 Å². The molecule has 0 atom stereocenters. The number of aromatic nitrogens is 2. The topological polar surface area (TPSA) is 73.2 Å². The molecule has 6 nitrogen and oxygen atoms in total. The van der Waals surface area contributed by atoms with E-state index in [1.54, 1.807) is 37.4 Å². The quantitative estimate of drug-likeness (QED) is 0.634. The number of nitrogens with zero attached hydrogens (tertiary/aromatic N) is 2. The lowest BCUT2D eigenvalue weighted by Crippen LogP contribution is -2.18. The summed E-state index contributed by atoms with van der Waals surface area (Å²) in [7, 11) is 1.60. The Morgan fingerprint density at radius 1 is 1.11 bits per heavy atom. The van der Waals surface area contributed by atoms with Crippen molar-refractivity contribution < 1.29 is 9.53 Å². The summed E-state index contributed by atoms with van der Waals surface area (Å²) in [6, 6.07) is 17.6. The molecule has 2 aromatic carbocycles. The van der Waals surface area contributed by atoms with E-state index in [0.717, 1.165) is 24.2 Å². The van der Waals surface area contributed by atoms with Crippen LogP contribution in [0.25, 0.3) is 11.3 Å². The molecule has 0 fully saturated rings. The van der Waals surface area contributed by atoms with Crippen LogP contribution in [0.2, 0.25) is 0 Å². The maximum atomic E-state index is 12.5. The first kappa shape index (κ1) is 19.4. The maximum Gasteiger partial charge on any atom is 0.266 e. The molecule has 1 N–H and O–H groups in total. The van der Waals surface area contributed by atoms with Crippen LogP contribution >= 0.6 is 0 Å². The lowest BCUT2D eigenvalue weighted by atomic mass is 10.1. The molecule has 1 amide bonds. The average Bonchev–Trinajstić information content (AvgIpc) is 2.71. The van der Waals surface area contributed by atoms with Gasteiger partial charge in [0.15, 0.2) is 0 Å². The summed E-state index contributed by atoms with van der Waals surface area (Å²) in [6.07, 6.45) is 2.08. The number of ether oxygens (including phenoxy) is 1. The number of benzene rings is 2. The number of carbonyl (C=O) groups is 1. The first-order valence-electron chi connectivity index (χ1n) is 9.26. The fraction of sp³-hybridized carbons (Fsp3) is 0.227. The van der Waals surface area contributed by atoms with Crippen LogP contribution < -0.4 is 15.6 Å². The van der Waals surface area contributed by atoms with E-state index in [9.17, 15) is 9.59 Å². The molecule has 0 radical (unpaired) electrons. The average molecular weight is 377 g/mol. The summed E-state index contributed by atoms with van der Waals surface area (Å²) in [5.74, 6) is 0.554. The Balaban J connectivity index is 1.70. The Bertz CT molecular complexity index is 1010. The molecule has 28 heavy (non-hydrogen) atoms. The molecular weight excluding hydrogens is 354 g/mol. The highest BCUT2D eigenvalue weighted by Crippen LogP contribution is 2.21. The number of hydrogen-bond acceptors (Lipinski definition) is 4. The highest BCUT2D eigenvalue weighted by Gasteiger charge is 2.08. The standard InChI is InChI=1S/C22H23N3O3/c1-3-4-14-28-19-10-8-16(9-11-19)22(27)23-18-7-5-6-17(15-18)20-12-13-21(26)25(2)24-20/h5-13,15H,3-4,14H2,1-2H3,(H,23,27). The predicted molar refractivity (Wildman–Crippen MR) is 110 cm³/mol. The van der Waals surface area contributed by atoms with Crippen molar-refractivity contribution in [3.63, 3.8) is 0 Å². The van der Waals surface area contributed by atoms with Gasteiger partial charge < -0.3 is 10.1 Å². The van der Waals surface area contributed by atoms with E-state index in [1.165, 1.54) is 10.7 Å². The zero-order chi connectivity index (χ0) is 19.9. The van der Waals surface area contributed by atoms with Gasteiger partial charge in [-0.1, -0.05) is 25.5 Å². The number of hydrogen-bond donors (Lipinski definition) is 1. The van der Waals surface area contributed by atoms with E-state index in [-0.39, 0.29) is 11.5 Å². The Kier molecular flexibility index (Phi) is 6.22. The lowest BCUT2D eigenvalue weighted by molar-refractivity contribution is 0.102. The first-order chi connectivity index (χ1) is 13.6. The van der Waals surface area contributed by atoms with Gasteiger partial charge in [-0.05, 0) is 48.9 Å². The van der Waals surface area contributed by atoms with Crippen molar-refractivity contribution in [2.24, 2.45) is 7.05 Å². The molecule has 0 aliphatic rings. The Morgan fingerprint density at radius 3 is 2.61 bits per heavy atom. The second-order valence-corrected chi connectivity index (χ2v) is 6.44. The SMILES string of the molecule is CCCCOc1ccc(C(=O)Nc2cccc(-c3ccc(=O)n(C)n3)c2)cc1. The van der Waals surface area contributed by atoms with Gasteiger partial charge in [0.25, 0.3) is 11.5 Å². The molecule has 0 aliphatic heterocycles. The van der Waals surface area contributed by atoms with E-state index < -0.39 is 0 Å². The fourth-order valence-electron chi connectivity index (χ4n) is 2.65. The summed E-state index contributed by atoms with van der Waals surface area (Å²) < 4.78 is 6.90. The minimum Gasteiger partial charge on any atom is -0.494 e. The van der Waals surface area contributed by atoms with Crippen molar-refractivity contribution in [3.8, 4) is 17.0 Å². The van der Waals surface area contributed by atoms with Crippen molar-refractivity contribution in [3.05, 3.63) is 76.6 Å². The van der Waals surface area contributed by atoms with Crippen molar-refractivity contribution in [2.45, 2.75) is 19.8 Å². The van der Waals surface area contributed by atoms with Crippen LogP contribution in [-0.4, -0.2) is 22.3 Å². The number of unbranched alkanes of at least 4 members (excludes halogenated alkanes) is 1. The van der Waals surface area contributed by atoms with Crippen LogP contribution in [0.1, 0.15) is 30.1 Å². The van der Waals surface area contributed by atoms with Gasteiger partial charge in [-0.15, -0.1) is 0 Å². The van der Waals surface area contributed by atoms with Crippen molar-refractivity contribution in [1.82, 2.24) is 9.78 Å². The normalized spacial score (nSPS) is 10.5. The molecule has 1 aromatic heterocycles. The number of carbonyl (C=O) groups excluding carboxylic acids is 1. The monoisotopic (exact) mass is 377 g/mol. The van der Waals surface area contributed by atoms with Gasteiger partial charge in [-0.25, -0.2) is 4.68 Å². The molecule has 3 rings (SSSR count). The predicted octanol–water partition coefficient (Wildman–Crippen LogP) is 3.88. The third kappa shape index (κ3) is 4.85. The van der Waals surface area contributed by atoms with Crippen LogP contribution in [-0.2, 0) is 7.05 Å². The smallest absolute Gasteiger partial charge is 0.266 e. The highest BCUT2D eigenvalue weighted by atomic mass is 16.5. The Morgan fingerprint density at radius 2 is 1.89 bits per heavy atom. The molecule has 1 heterocycles. The van der Waals surface area contributed by atoms with Gasteiger partial charge in [-0.2, -0.15) is 5.10 Å².